The van der Waals surface area contributed by atoms with Crippen LogP contribution in [-0.4, -0.2) is 20.7 Å². The fraction of sp³-hybridized carbons (Fsp3) is 0.150. The van der Waals surface area contributed by atoms with Crippen LogP contribution in [0.5, 0.6) is 0 Å². The van der Waals surface area contributed by atoms with Crippen LogP contribution in [0.25, 0.3) is 0 Å². The predicted octanol–water partition coefficient (Wildman–Crippen LogP) is 3.37. The van der Waals surface area contributed by atoms with Crippen LogP contribution in [0, 0.1) is 12.8 Å². The van der Waals surface area contributed by atoms with E-state index in [0.29, 0.717) is 11.6 Å². The number of aromatic nitrogens is 3. The van der Waals surface area contributed by atoms with E-state index >= 15 is 0 Å². The Morgan fingerprint density at radius 3 is 2.77 bits per heavy atom. The standard InChI is InChI=1S/C20H19N5O/c1-13-7-6-8-15(11-13)18-17(14(2)23-20-21-12-22-25(18)20)19(26)24-16-9-4-3-5-10-16/h3-12,17-18H,2H2,1H3,(H,24,26)(H,21,22,23)/t17-,18+/m0/s1. The molecule has 6 nitrogen and oxygen atoms in total. The van der Waals surface area contributed by atoms with E-state index in [2.05, 4.69) is 33.4 Å². The SMILES string of the molecule is C=C1Nc2ncnn2[C@H](c2cccc(C)c2)[C@H]1C(=O)Nc1ccccc1. The predicted molar refractivity (Wildman–Crippen MR) is 101 cm³/mol. The lowest BCUT2D eigenvalue weighted by Crippen LogP contribution is -2.39. The molecule has 1 aliphatic heterocycles. The van der Waals surface area contributed by atoms with E-state index in [-0.39, 0.29) is 11.9 Å². The van der Waals surface area contributed by atoms with E-state index in [9.17, 15) is 4.79 Å². The summed E-state index contributed by atoms with van der Waals surface area (Å²) in [7, 11) is 0. The summed E-state index contributed by atoms with van der Waals surface area (Å²) in [5.41, 5.74) is 3.46. The number of nitrogens with one attached hydrogen (secondary N) is 2. The monoisotopic (exact) mass is 345 g/mol. The van der Waals surface area contributed by atoms with Crippen LogP contribution in [0.2, 0.25) is 0 Å². The highest BCUT2D eigenvalue weighted by Gasteiger charge is 2.39. The second-order valence-electron chi connectivity index (χ2n) is 6.37. The highest BCUT2D eigenvalue weighted by Crippen LogP contribution is 2.37. The van der Waals surface area contributed by atoms with Gasteiger partial charge in [-0.2, -0.15) is 10.1 Å². The second kappa shape index (κ2) is 6.48. The van der Waals surface area contributed by atoms with Crippen molar-refractivity contribution in [2.45, 2.75) is 13.0 Å². The van der Waals surface area contributed by atoms with Gasteiger partial charge < -0.3 is 10.6 Å². The Labute approximate surface area is 151 Å². The van der Waals surface area contributed by atoms with Crippen molar-refractivity contribution in [2.24, 2.45) is 5.92 Å². The number of anilines is 2. The van der Waals surface area contributed by atoms with Gasteiger partial charge in [0.25, 0.3) is 0 Å². The Balaban J connectivity index is 1.75. The van der Waals surface area contributed by atoms with Gasteiger partial charge in [-0.15, -0.1) is 0 Å². The molecule has 0 aliphatic carbocycles. The molecule has 6 heteroatoms. The summed E-state index contributed by atoms with van der Waals surface area (Å²) in [6, 6.07) is 17.2. The third-order valence-electron chi connectivity index (χ3n) is 4.51. The first-order valence-corrected chi connectivity index (χ1v) is 8.41. The van der Waals surface area contributed by atoms with Gasteiger partial charge in [0.15, 0.2) is 0 Å². The molecule has 1 aromatic heterocycles. The van der Waals surface area contributed by atoms with E-state index in [1.54, 1.807) is 4.68 Å². The van der Waals surface area contributed by atoms with E-state index in [1.165, 1.54) is 6.33 Å². The van der Waals surface area contributed by atoms with E-state index in [0.717, 1.165) is 16.8 Å². The van der Waals surface area contributed by atoms with Crippen molar-refractivity contribution in [3.63, 3.8) is 0 Å². The van der Waals surface area contributed by atoms with Crippen LogP contribution < -0.4 is 10.6 Å². The topological polar surface area (TPSA) is 71.8 Å². The Morgan fingerprint density at radius 2 is 2.00 bits per heavy atom. The molecule has 4 rings (SSSR count). The molecule has 2 atom stereocenters. The second-order valence-corrected chi connectivity index (χ2v) is 6.37. The van der Waals surface area contributed by atoms with Gasteiger partial charge in [0.1, 0.15) is 12.2 Å². The van der Waals surface area contributed by atoms with Crippen molar-refractivity contribution in [2.75, 3.05) is 10.6 Å². The first-order chi connectivity index (χ1) is 12.6. The van der Waals surface area contributed by atoms with E-state index in [1.807, 2.05) is 55.5 Å². The molecule has 2 N–H and O–H groups in total. The van der Waals surface area contributed by atoms with Crippen LogP contribution >= 0.6 is 0 Å². The molecule has 0 saturated heterocycles. The number of fused-ring (bicyclic) bond motifs is 1. The van der Waals surface area contributed by atoms with Crippen LogP contribution in [0.15, 0.2) is 73.2 Å². The van der Waals surface area contributed by atoms with Crippen molar-refractivity contribution in [3.05, 3.63) is 84.3 Å². The lowest BCUT2D eigenvalue weighted by Gasteiger charge is -2.33. The van der Waals surface area contributed by atoms with Gasteiger partial charge in [-0.05, 0) is 24.6 Å². The molecule has 1 aliphatic rings. The van der Waals surface area contributed by atoms with Gasteiger partial charge in [0.05, 0.1) is 6.04 Å². The zero-order valence-corrected chi connectivity index (χ0v) is 14.4. The van der Waals surface area contributed by atoms with Crippen LogP contribution in [0.1, 0.15) is 17.2 Å². The van der Waals surface area contributed by atoms with Gasteiger partial charge >= 0.3 is 0 Å². The molecule has 26 heavy (non-hydrogen) atoms. The average Bonchev–Trinajstić information content (AvgIpc) is 3.09. The molecular formula is C20H19N5O. The number of aryl methyl sites for hydroxylation is 1. The smallest absolute Gasteiger partial charge is 0.235 e. The minimum atomic E-state index is -0.522. The number of amides is 1. The van der Waals surface area contributed by atoms with Crippen molar-refractivity contribution in [1.29, 1.82) is 0 Å². The molecule has 0 bridgehead atoms. The van der Waals surface area contributed by atoms with Gasteiger partial charge in [-0.25, -0.2) is 4.68 Å². The number of nitrogens with zero attached hydrogens (tertiary/aromatic N) is 3. The lowest BCUT2D eigenvalue weighted by molar-refractivity contribution is -0.119. The van der Waals surface area contributed by atoms with Crippen LogP contribution in [-0.2, 0) is 4.79 Å². The maximum atomic E-state index is 13.1. The maximum Gasteiger partial charge on any atom is 0.235 e. The van der Waals surface area contributed by atoms with Gasteiger partial charge in [0.2, 0.25) is 11.9 Å². The fourth-order valence-corrected chi connectivity index (χ4v) is 3.33. The third-order valence-corrected chi connectivity index (χ3v) is 4.51. The molecule has 0 radical (unpaired) electrons. The molecule has 3 aromatic rings. The normalized spacial score (nSPS) is 18.7. The van der Waals surface area contributed by atoms with E-state index < -0.39 is 5.92 Å². The van der Waals surface area contributed by atoms with Gasteiger partial charge in [-0.3, -0.25) is 4.79 Å². The Kier molecular flexibility index (Phi) is 4.01. The maximum absolute atomic E-state index is 13.1. The molecular weight excluding hydrogens is 326 g/mol. The van der Waals surface area contributed by atoms with Gasteiger partial charge in [0, 0.05) is 11.4 Å². The molecule has 0 saturated carbocycles. The lowest BCUT2D eigenvalue weighted by atomic mass is 9.88. The summed E-state index contributed by atoms with van der Waals surface area (Å²) in [5, 5.41) is 10.4. The Morgan fingerprint density at radius 1 is 1.19 bits per heavy atom. The third kappa shape index (κ3) is 2.86. The Bertz CT molecular complexity index is 963. The molecule has 2 heterocycles. The summed E-state index contributed by atoms with van der Waals surface area (Å²) in [5.74, 6) is -0.0715. The summed E-state index contributed by atoms with van der Waals surface area (Å²) in [6.45, 7) is 6.11. The summed E-state index contributed by atoms with van der Waals surface area (Å²) in [6.07, 6.45) is 1.48. The molecule has 0 unspecified atom stereocenters. The molecule has 130 valence electrons. The van der Waals surface area contributed by atoms with Gasteiger partial charge in [-0.1, -0.05) is 54.6 Å². The number of hydrogen-bond donors (Lipinski definition) is 2. The zero-order valence-electron chi connectivity index (χ0n) is 14.4. The van der Waals surface area contributed by atoms with Crippen LogP contribution in [0.4, 0.5) is 11.6 Å². The summed E-state index contributed by atoms with van der Waals surface area (Å²) >= 11 is 0. The number of para-hydroxylation sites is 1. The largest absolute Gasteiger partial charge is 0.328 e. The number of carbonyl (C=O) groups excluding carboxylic acids is 1. The highest BCUT2D eigenvalue weighted by atomic mass is 16.2. The molecule has 2 aromatic carbocycles. The first kappa shape index (κ1) is 16.1. The van der Waals surface area contributed by atoms with Crippen molar-refractivity contribution < 1.29 is 4.79 Å². The fourth-order valence-electron chi connectivity index (χ4n) is 3.33. The average molecular weight is 345 g/mol. The molecule has 0 fully saturated rings. The van der Waals surface area contributed by atoms with Crippen molar-refractivity contribution in [1.82, 2.24) is 14.8 Å². The van der Waals surface area contributed by atoms with Crippen LogP contribution in [0.3, 0.4) is 0 Å². The number of rotatable bonds is 3. The molecule has 1 amide bonds. The minimum Gasteiger partial charge on any atom is -0.328 e. The Hall–Kier alpha value is -3.41. The van der Waals surface area contributed by atoms with Crippen molar-refractivity contribution >= 4 is 17.5 Å². The number of benzene rings is 2. The summed E-state index contributed by atoms with van der Waals surface area (Å²) in [4.78, 5) is 17.3. The first-order valence-electron chi connectivity index (χ1n) is 8.41. The van der Waals surface area contributed by atoms with Crippen molar-refractivity contribution in [3.8, 4) is 0 Å². The number of carbonyl (C=O) groups is 1. The molecule has 0 spiro atoms. The highest BCUT2D eigenvalue weighted by molar-refractivity contribution is 5.95. The van der Waals surface area contributed by atoms with E-state index in [4.69, 9.17) is 0 Å². The minimum absolute atomic E-state index is 0.138. The summed E-state index contributed by atoms with van der Waals surface area (Å²) < 4.78 is 1.75. The number of hydrogen-bond acceptors (Lipinski definition) is 4. The quantitative estimate of drug-likeness (QED) is 0.763. The zero-order chi connectivity index (χ0) is 18.1.